The third-order valence-corrected chi connectivity index (χ3v) is 4.59. The van der Waals surface area contributed by atoms with Crippen LogP contribution >= 0.6 is 27.7 Å². The number of thioether (sulfide) groups is 1. The first-order valence-electron chi connectivity index (χ1n) is 6.26. The van der Waals surface area contributed by atoms with Crippen molar-refractivity contribution in [2.75, 3.05) is 11.9 Å². The molecule has 0 atom stereocenters. The van der Waals surface area contributed by atoms with E-state index < -0.39 is 0 Å². The highest BCUT2D eigenvalue weighted by Crippen LogP contribution is 2.27. The average molecular weight is 356 g/mol. The van der Waals surface area contributed by atoms with Gasteiger partial charge in [-0.1, -0.05) is 12.1 Å². The van der Waals surface area contributed by atoms with E-state index in [1.807, 2.05) is 19.9 Å². The molecule has 0 aliphatic carbocycles. The molecule has 1 N–H and O–H groups in total. The van der Waals surface area contributed by atoms with Gasteiger partial charge in [0.1, 0.15) is 17.5 Å². The second-order valence-corrected chi connectivity index (χ2v) is 5.95. The number of rotatable bonds is 5. The Balaban J connectivity index is 2.16. The highest BCUT2D eigenvalue weighted by molar-refractivity contribution is 9.10. The molecule has 3 nitrogen and oxygen atoms in total. The number of hydrogen-bond donors (Lipinski definition) is 1. The van der Waals surface area contributed by atoms with Crippen LogP contribution in [0.5, 0.6) is 0 Å². The van der Waals surface area contributed by atoms with E-state index in [-0.39, 0.29) is 5.82 Å². The van der Waals surface area contributed by atoms with Gasteiger partial charge in [0.2, 0.25) is 0 Å². The minimum atomic E-state index is -0.210. The average Bonchev–Trinajstić information content (AvgIpc) is 2.43. The normalized spacial score (nSPS) is 10.6. The van der Waals surface area contributed by atoms with Crippen molar-refractivity contribution in [3.8, 4) is 0 Å². The maximum absolute atomic E-state index is 13.6. The fraction of sp³-hybridized carbons (Fsp3) is 0.286. The lowest BCUT2D eigenvalue weighted by molar-refractivity contribution is 0.602. The van der Waals surface area contributed by atoms with Crippen LogP contribution in [0.1, 0.15) is 18.4 Å². The van der Waals surface area contributed by atoms with Gasteiger partial charge in [0, 0.05) is 11.4 Å². The van der Waals surface area contributed by atoms with Gasteiger partial charge in [-0.3, -0.25) is 0 Å². The van der Waals surface area contributed by atoms with Crippen LogP contribution < -0.4 is 5.32 Å². The topological polar surface area (TPSA) is 37.8 Å². The lowest BCUT2D eigenvalue weighted by Crippen LogP contribution is -2.06. The van der Waals surface area contributed by atoms with Gasteiger partial charge in [0.15, 0.2) is 0 Å². The monoisotopic (exact) mass is 355 g/mol. The Morgan fingerprint density at radius 2 is 2.05 bits per heavy atom. The second kappa shape index (κ2) is 7.04. The Kier molecular flexibility index (Phi) is 5.37. The molecule has 0 saturated heterocycles. The van der Waals surface area contributed by atoms with E-state index in [9.17, 15) is 4.39 Å². The van der Waals surface area contributed by atoms with Gasteiger partial charge in [-0.05, 0) is 41.9 Å². The largest absolute Gasteiger partial charge is 0.369 e. The van der Waals surface area contributed by atoms with Gasteiger partial charge in [0.25, 0.3) is 0 Å². The Hall–Kier alpha value is -1.14. The smallest absolute Gasteiger partial charge is 0.144 e. The van der Waals surface area contributed by atoms with Crippen molar-refractivity contribution in [1.29, 1.82) is 0 Å². The molecule has 0 bridgehead atoms. The summed E-state index contributed by atoms with van der Waals surface area (Å²) in [6.07, 6.45) is 0. The lowest BCUT2D eigenvalue weighted by atomic mass is 10.3. The summed E-state index contributed by atoms with van der Waals surface area (Å²) in [6, 6.07) is 6.73. The molecular weight excluding hydrogens is 341 g/mol. The molecule has 0 aliphatic rings. The first-order valence-corrected chi connectivity index (χ1v) is 8.04. The molecule has 0 unspecified atom stereocenters. The molecule has 2 aromatic rings. The van der Waals surface area contributed by atoms with E-state index >= 15 is 0 Å². The number of aromatic nitrogens is 2. The number of halogens is 2. The van der Waals surface area contributed by atoms with Gasteiger partial charge >= 0.3 is 0 Å². The quantitative estimate of drug-likeness (QED) is 0.806. The summed E-state index contributed by atoms with van der Waals surface area (Å²) < 4.78 is 14.4. The molecule has 2 rings (SSSR count). The molecule has 0 fully saturated rings. The predicted molar refractivity (Wildman–Crippen MR) is 84.6 cm³/mol. The van der Waals surface area contributed by atoms with Crippen molar-refractivity contribution in [2.45, 2.75) is 24.5 Å². The standard InChI is InChI=1S/C14H15BrFN3S/c1-3-17-14-13(15)9(2)18-12(19-14)8-20-11-7-5-4-6-10(11)16/h4-7H,3,8H2,1-2H3,(H,17,18,19). The second-order valence-electron chi connectivity index (χ2n) is 4.14. The maximum Gasteiger partial charge on any atom is 0.144 e. The van der Waals surface area contributed by atoms with E-state index in [2.05, 4.69) is 31.2 Å². The van der Waals surface area contributed by atoms with Gasteiger partial charge in [0.05, 0.1) is 15.9 Å². The summed E-state index contributed by atoms with van der Waals surface area (Å²) in [5, 5.41) is 3.19. The van der Waals surface area contributed by atoms with Crippen LogP contribution in [-0.2, 0) is 5.75 Å². The zero-order valence-electron chi connectivity index (χ0n) is 11.3. The van der Waals surface area contributed by atoms with Crippen molar-refractivity contribution < 1.29 is 4.39 Å². The van der Waals surface area contributed by atoms with E-state index in [1.54, 1.807) is 12.1 Å². The molecule has 106 valence electrons. The van der Waals surface area contributed by atoms with Crippen LogP contribution in [0, 0.1) is 12.7 Å². The maximum atomic E-state index is 13.6. The molecule has 0 aliphatic heterocycles. The first-order chi connectivity index (χ1) is 9.61. The van der Waals surface area contributed by atoms with Crippen molar-refractivity contribution >= 4 is 33.5 Å². The lowest BCUT2D eigenvalue weighted by Gasteiger charge is -2.10. The summed E-state index contributed by atoms with van der Waals surface area (Å²) in [5.74, 6) is 1.80. The molecular formula is C14H15BrFN3S. The molecule has 0 radical (unpaired) electrons. The zero-order chi connectivity index (χ0) is 14.5. The van der Waals surface area contributed by atoms with E-state index in [0.717, 1.165) is 22.5 Å². The number of benzene rings is 1. The summed E-state index contributed by atoms with van der Waals surface area (Å²) in [6.45, 7) is 4.72. The van der Waals surface area contributed by atoms with Crippen LogP contribution in [0.3, 0.4) is 0 Å². The minimum Gasteiger partial charge on any atom is -0.369 e. The highest BCUT2D eigenvalue weighted by atomic mass is 79.9. The molecule has 6 heteroatoms. The molecule has 0 spiro atoms. The Labute approximate surface area is 130 Å². The zero-order valence-corrected chi connectivity index (χ0v) is 13.7. The molecule has 20 heavy (non-hydrogen) atoms. The van der Waals surface area contributed by atoms with Crippen molar-refractivity contribution in [2.24, 2.45) is 0 Å². The van der Waals surface area contributed by atoms with Crippen molar-refractivity contribution in [3.63, 3.8) is 0 Å². The van der Waals surface area contributed by atoms with Crippen LogP contribution in [0.2, 0.25) is 0 Å². The molecule has 1 aromatic carbocycles. The fourth-order valence-corrected chi connectivity index (χ4v) is 2.78. The van der Waals surface area contributed by atoms with E-state index in [1.165, 1.54) is 17.8 Å². The van der Waals surface area contributed by atoms with Gasteiger partial charge < -0.3 is 5.32 Å². The molecule has 1 aromatic heterocycles. The third-order valence-electron chi connectivity index (χ3n) is 2.60. The van der Waals surface area contributed by atoms with Crippen molar-refractivity contribution in [3.05, 3.63) is 46.1 Å². The number of anilines is 1. The van der Waals surface area contributed by atoms with Crippen molar-refractivity contribution in [1.82, 2.24) is 9.97 Å². The van der Waals surface area contributed by atoms with Gasteiger partial charge in [-0.2, -0.15) is 0 Å². The van der Waals surface area contributed by atoms with Gasteiger partial charge in [-0.15, -0.1) is 11.8 Å². The number of hydrogen-bond acceptors (Lipinski definition) is 4. The fourth-order valence-electron chi connectivity index (χ4n) is 1.67. The molecule has 1 heterocycles. The Morgan fingerprint density at radius 3 is 2.75 bits per heavy atom. The number of aryl methyl sites for hydroxylation is 1. The van der Waals surface area contributed by atoms with Crippen LogP contribution in [0.15, 0.2) is 33.6 Å². The molecule has 0 amide bonds. The van der Waals surface area contributed by atoms with Crippen LogP contribution in [0.25, 0.3) is 0 Å². The van der Waals surface area contributed by atoms with Crippen LogP contribution in [0.4, 0.5) is 10.2 Å². The summed E-state index contributed by atoms with van der Waals surface area (Å²) >= 11 is 4.87. The van der Waals surface area contributed by atoms with Gasteiger partial charge in [-0.25, -0.2) is 14.4 Å². The first kappa shape index (κ1) is 15.3. The third kappa shape index (κ3) is 3.70. The Morgan fingerprint density at radius 1 is 1.30 bits per heavy atom. The van der Waals surface area contributed by atoms with E-state index in [0.29, 0.717) is 16.5 Å². The number of nitrogens with one attached hydrogen (secondary N) is 1. The predicted octanol–water partition coefficient (Wildman–Crippen LogP) is 4.41. The van der Waals surface area contributed by atoms with E-state index in [4.69, 9.17) is 0 Å². The minimum absolute atomic E-state index is 0.210. The molecule has 0 saturated carbocycles. The van der Waals surface area contributed by atoms with Crippen LogP contribution in [-0.4, -0.2) is 16.5 Å². The number of nitrogens with zero attached hydrogens (tertiary/aromatic N) is 2. The summed E-state index contributed by atoms with van der Waals surface area (Å²) in [7, 11) is 0. The Bertz CT molecular complexity index is 607. The summed E-state index contributed by atoms with van der Waals surface area (Å²) in [4.78, 5) is 9.49. The highest BCUT2D eigenvalue weighted by Gasteiger charge is 2.10. The SMILES string of the molecule is CCNc1nc(CSc2ccccc2F)nc(C)c1Br. The summed E-state index contributed by atoms with van der Waals surface area (Å²) in [5.41, 5.74) is 0.875.